The van der Waals surface area contributed by atoms with E-state index in [2.05, 4.69) is 202 Å². The number of nitrogens with zero attached hydrogens (tertiary/aromatic N) is 1. The van der Waals surface area contributed by atoms with E-state index in [1.54, 1.807) is 0 Å². The lowest BCUT2D eigenvalue weighted by atomic mass is 9.78. The number of fused-ring (bicyclic) bond motifs is 5. The predicted octanol–water partition coefficient (Wildman–Crippen LogP) is 16.5. The highest BCUT2D eigenvalue weighted by Gasteiger charge is 2.30. The molecule has 7 aromatic carbocycles. The van der Waals surface area contributed by atoms with Gasteiger partial charge in [0.15, 0.2) is 0 Å². The van der Waals surface area contributed by atoms with Gasteiger partial charge in [-0.1, -0.05) is 161 Å². The van der Waals surface area contributed by atoms with Crippen LogP contribution in [0.2, 0.25) is 0 Å². The molecule has 2 nitrogen and oxygen atoms in total. The number of rotatable bonds is 8. The van der Waals surface area contributed by atoms with E-state index in [1.807, 2.05) is 0 Å². The van der Waals surface area contributed by atoms with Crippen molar-refractivity contribution in [2.24, 2.45) is 0 Å². The number of benzene rings is 7. The maximum atomic E-state index is 3.96. The first kappa shape index (κ1) is 36.9. The minimum absolute atomic E-state index is 0.455. The van der Waals surface area contributed by atoms with Crippen molar-refractivity contribution in [3.63, 3.8) is 0 Å². The summed E-state index contributed by atoms with van der Waals surface area (Å²) in [5.41, 5.74) is 19.4. The number of allylic oxidation sites excluding steroid dienone is 4. The SMILES string of the molecule is CC(C)c1ccc(Nc2c3c(c(-c4c5c(c(N(c6ccc(C(C)C)cc6)c6cccc7c6C=CCC=C7)c6ccccc46)C=CCC5)c4ccccc24)C=CCC3)cc1. The van der Waals surface area contributed by atoms with E-state index >= 15 is 0 Å². The Balaban J connectivity index is 1.27. The third-order valence-corrected chi connectivity index (χ3v) is 12.7. The lowest BCUT2D eigenvalue weighted by molar-refractivity contribution is 0.866. The summed E-state index contributed by atoms with van der Waals surface area (Å²) in [7, 11) is 0. The van der Waals surface area contributed by atoms with Gasteiger partial charge in [0.05, 0.1) is 17.1 Å². The molecule has 0 heterocycles. The van der Waals surface area contributed by atoms with E-state index in [4.69, 9.17) is 0 Å². The van der Waals surface area contributed by atoms with Gasteiger partial charge in [0.2, 0.25) is 0 Å². The summed E-state index contributed by atoms with van der Waals surface area (Å²) in [5, 5.41) is 9.08. The lowest BCUT2D eigenvalue weighted by Gasteiger charge is -2.34. The molecule has 7 aromatic rings. The third-order valence-electron chi connectivity index (χ3n) is 12.7. The van der Waals surface area contributed by atoms with E-state index in [0.717, 1.165) is 37.8 Å². The van der Waals surface area contributed by atoms with Crippen LogP contribution in [0.5, 0.6) is 0 Å². The van der Waals surface area contributed by atoms with Gasteiger partial charge in [0.1, 0.15) is 0 Å². The first-order valence-corrected chi connectivity index (χ1v) is 21.7. The van der Waals surface area contributed by atoms with Gasteiger partial charge >= 0.3 is 0 Å². The average molecular weight is 765 g/mol. The number of hydrogen-bond donors (Lipinski definition) is 1. The molecule has 2 heteroatoms. The molecule has 290 valence electrons. The molecule has 0 amide bonds. The minimum atomic E-state index is 0.455. The van der Waals surface area contributed by atoms with Crippen molar-refractivity contribution in [1.82, 2.24) is 0 Å². The average Bonchev–Trinajstić information content (AvgIpc) is 3.53. The zero-order valence-corrected chi connectivity index (χ0v) is 34.7. The van der Waals surface area contributed by atoms with Gasteiger partial charge in [-0.05, 0) is 130 Å². The van der Waals surface area contributed by atoms with Crippen LogP contribution in [0.15, 0.2) is 140 Å². The molecule has 0 unspecified atom stereocenters. The number of hydrogen-bond acceptors (Lipinski definition) is 2. The summed E-state index contributed by atoms with van der Waals surface area (Å²) in [6, 6.07) is 43.5. The van der Waals surface area contributed by atoms with Gasteiger partial charge in [0.25, 0.3) is 0 Å². The molecule has 0 fully saturated rings. The van der Waals surface area contributed by atoms with Crippen molar-refractivity contribution >= 4 is 74.3 Å². The highest BCUT2D eigenvalue weighted by molar-refractivity contribution is 6.18. The van der Waals surface area contributed by atoms with Crippen LogP contribution in [-0.2, 0) is 12.8 Å². The molecule has 0 spiro atoms. The first-order chi connectivity index (χ1) is 29.0. The quantitative estimate of drug-likeness (QED) is 0.166. The van der Waals surface area contributed by atoms with Crippen molar-refractivity contribution in [2.75, 3.05) is 10.2 Å². The molecule has 0 saturated carbocycles. The highest BCUT2D eigenvalue weighted by atomic mass is 15.1. The zero-order valence-electron chi connectivity index (χ0n) is 34.7. The normalized spacial score (nSPS) is 14.1. The van der Waals surface area contributed by atoms with Crippen LogP contribution in [0.1, 0.15) is 103 Å². The summed E-state index contributed by atoms with van der Waals surface area (Å²) in [4.78, 5) is 2.57. The Morgan fingerprint density at radius 1 is 0.492 bits per heavy atom. The van der Waals surface area contributed by atoms with Crippen LogP contribution >= 0.6 is 0 Å². The van der Waals surface area contributed by atoms with Gasteiger partial charge in [-0.15, -0.1) is 0 Å². The smallest absolute Gasteiger partial charge is 0.0615 e. The molecule has 59 heavy (non-hydrogen) atoms. The van der Waals surface area contributed by atoms with Gasteiger partial charge in [-0.25, -0.2) is 0 Å². The third kappa shape index (κ3) is 6.52. The van der Waals surface area contributed by atoms with Crippen molar-refractivity contribution in [3.8, 4) is 11.1 Å². The maximum absolute atomic E-state index is 3.96. The second kappa shape index (κ2) is 15.4. The highest BCUT2D eigenvalue weighted by Crippen LogP contribution is 2.53. The van der Waals surface area contributed by atoms with E-state index in [-0.39, 0.29) is 0 Å². The molecule has 1 N–H and O–H groups in total. The van der Waals surface area contributed by atoms with Crippen molar-refractivity contribution < 1.29 is 0 Å². The molecule has 0 atom stereocenters. The Labute approximate surface area is 349 Å². The first-order valence-electron chi connectivity index (χ1n) is 21.7. The molecule has 3 aliphatic carbocycles. The topological polar surface area (TPSA) is 15.3 Å². The second-order valence-electron chi connectivity index (χ2n) is 17.0. The molecular weight excluding hydrogens is 713 g/mol. The van der Waals surface area contributed by atoms with Gasteiger partial charge in [0, 0.05) is 33.3 Å². The fraction of sp³-hybridized carbons (Fsp3) is 0.193. The molecule has 0 radical (unpaired) electrons. The van der Waals surface area contributed by atoms with Crippen LogP contribution in [0.3, 0.4) is 0 Å². The van der Waals surface area contributed by atoms with Crippen LogP contribution in [0, 0.1) is 0 Å². The summed E-state index contributed by atoms with van der Waals surface area (Å²) < 4.78 is 0. The largest absolute Gasteiger partial charge is 0.355 e. The molecule has 0 bridgehead atoms. The Morgan fingerprint density at radius 3 is 1.80 bits per heavy atom. The molecule has 0 aromatic heterocycles. The Hall–Kier alpha value is -6.38. The zero-order chi connectivity index (χ0) is 40.0. The summed E-state index contributed by atoms with van der Waals surface area (Å²) in [5.74, 6) is 0.953. The molecule has 10 rings (SSSR count). The Kier molecular flexibility index (Phi) is 9.65. The molecular formula is C57H52N2. The van der Waals surface area contributed by atoms with E-state index in [1.165, 1.54) is 99.9 Å². The fourth-order valence-electron chi connectivity index (χ4n) is 9.73. The summed E-state index contributed by atoms with van der Waals surface area (Å²) in [6.45, 7) is 9.07. The predicted molar refractivity (Wildman–Crippen MR) is 257 cm³/mol. The second-order valence-corrected chi connectivity index (χ2v) is 17.0. The Morgan fingerprint density at radius 2 is 1.08 bits per heavy atom. The van der Waals surface area contributed by atoms with E-state index in [9.17, 15) is 0 Å². The van der Waals surface area contributed by atoms with Crippen LogP contribution in [0.25, 0.3) is 57.0 Å². The Bertz CT molecular complexity index is 2860. The van der Waals surface area contributed by atoms with Crippen molar-refractivity contribution in [3.05, 3.63) is 184 Å². The standard InChI is InChI=1S/C57H52N2/c1-37(2)39-29-33-42(34-30-39)58-56-49-24-12-8-20-45(49)54(46-21-9-13-25-50(46)56)55-47-22-10-14-26-51(47)57(52-27-15-11-23-48(52)55)59(43-35-31-40(32-36-43)38(3)4)53-28-16-18-41-17-6-5-7-19-44(41)53/h6-10,12,14-22,24,26-38,58H,5,11,13,23,25H2,1-4H3. The van der Waals surface area contributed by atoms with Crippen LogP contribution < -0.4 is 10.2 Å². The van der Waals surface area contributed by atoms with E-state index in [0.29, 0.717) is 11.8 Å². The maximum Gasteiger partial charge on any atom is 0.0615 e. The number of nitrogens with one attached hydrogen (secondary N) is 1. The minimum Gasteiger partial charge on any atom is -0.355 e. The summed E-state index contributed by atoms with van der Waals surface area (Å²) in [6.07, 6.45) is 23.8. The summed E-state index contributed by atoms with van der Waals surface area (Å²) >= 11 is 0. The van der Waals surface area contributed by atoms with Gasteiger partial charge in [-0.3, -0.25) is 0 Å². The molecule has 0 saturated heterocycles. The van der Waals surface area contributed by atoms with Crippen molar-refractivity contribution in [2.45, 2.75) is 71.6 Å². The van der Waals surface area contributed by atoms with Crippen LogP contribution in [-0.4, -0.2) is 0 Å². The van der Waals surface area contributed by atoms with Gasteiger partial charge < -0.3 is 10.2 Å². The van der Waals surface area contributed by atoms with Crippen molar-refractivity contribution in [1.29, 1.82) is 0 Å². The fourth-order valence-corrected chi connectivity index (χ4v) is 9.73. The molecule has 3 aliphatic rings. The number of anilines is 5. The molecule has 0 aliphatic heterocycles. The lowest BCUT2D eigenvalue weighted by Crippen LogP contribution is -2.16. The van der Waals surface area contributed by atoms with E-state index < -0.39 is 0 Å². The van der Waals surface area contributed by atoms with Crippen LogP contribution in [0.4, 0.5) is 28.4 Å². The van der Waals surface area contributed by atoms with Gasteiger partial charge in [-0.2, -0.15) is 0 Å². The monoisotopic (exact) mass is 764 g/mol.